The van der Waals surface area contributed by atoms with Gasteiger partial charge in [0, 0.05) is 22.4 Å². The minimum Gasteiger partial charge on any atom is -0.294 e. The van der Waals surface area contributed by atoms with Gasteiger partial charge in [0.25, 0.3) is 0 Å². The lowest BCUT2D eigenvalue weighted by Gasteiger charge is -2.21. The summed E-state index contributed by atoms with van der Waals surface area (Å²) in [4.78, 5) is 1.30. The lowest BCUT2D eigenvalue weighted by atomic mass is 9.98. The molecule has 2 unspecified atom stereocenters. The van der Waals surface area contributed by atoms with Crippen LogP contribution in [0.1, 0.15) is 18.2 Å². The van der Waals surface area contributed by atoms with Crippen molar-refractivity contribution in [2.75, 3.05) is 5.75 Å². The molecule has 0 spiro atoms. The number of nitriles is 1. The lowest BCUT2D eigenvalue weighted by molar-refractivity contribution is 0.442. The van der Waals surface area contributed by atoms with Gasteiger partial charge in [0.05, 0.1) is 6.07 Å². The summed E-state index contributed by atoms with van der Waals surface area (Å²) in [6, 6.07) is 6.60. The number of thiophene rings is 1. The van der Waals surface area contributed by atoms with Crippen LogP contribution in [0.4, 0.5) is 0 Å². The van der Waals surface area contributed by atoms with Crippen molar-refractivity contribution in [3.05, 3.63) is 22.4 Å². The van der Waals surface area contributed by atoms with Crippen LogP contribution in [-0.4, -0.2) is 16.5 Å². The van der Waals surface area contributed by atoms with Crippen LogP contribution >= 0.6 is 23.1 Å². The van der Waals surface area contributed by atoms with E-state index in [0.717, 1.165) is 18.7 Å². The molecule has 0 aliphatic carbocycles. The van der Waals surface area contributed by atoms with Gasteiger partial charge in [-0.3, -0.25) is 5.32 Å². The number of nitrogens with zero attached hydrogens (tertiary/aromatic N) is 1. The Labute approximate surface area is 98.7 Å². The SMILES string of the molecule is CC1CC(C#N)(NCc2cccs2)CS1. The second kappa shape index (κ2) is 4.56. The molecule has 1 N–H and O–H groups in total. The third-order valence-corrected chi connectivity index (χ3v) is 4.92. The fourth-order valence-corrected chi connectivity index (χ4v) is 3.70. The van der Waals surface area contributed by atoms with E-state index in [1.54, 1.807) is 11.3 Å². The van der Waals surface area contributed by atoms with E-state index in [2.05, 4.69) is 29.8 Å². The molecule has 2 heterocycles. The average molecular weight is 238 g/mol. The van der Waals surface area contributed by atoms with Crippen LogP contribution in [0.15, 0.2) is 17.5 Å². The van der Waals surface area contributed by atoms with Gasteiger partial charge in [-0.25, -0.2) is 0 Å². The lowest BCUT2D eigenvalue weighted by Crippen LogP contribution is -2.43. The highest BCUT2D eigenvalue weighted by atomic mass is 32.2. The first-order chi connectivity index (χ1) is 7.24. The highest BCUT2D eigenvalue weighted by Crippen LogP contribution is 2.34. The summed E-state index contributed by atoms with van der Waals surface area (Å²) in [6.45, 7) is 3.01. The molecule has 80 valence electrons. The van der Waals surface area contributed by atoms with E-state index in [1.165, 1.54) is 4.88 Å². The molecule has 2 nitrogen and oxygen atoms in total. The van der Waals surface area contributed by atoms with Crippen LogP contribution in [0.25, 0.3) is 0 Å². The fourth-order valence-electron chi connectivity index (χ4n) is 1.80. The Hall–Kier alpha value is -0.500. The van der Waals surface area contributed by atoms with Crippen molar-refractivity contribution in [3.63, 3.8) is 0 Å². The fraction of sp³-hybridized carbons (Fsp3) is 0.545. The van der Waals surface area contributed by atoms with Gasteiger partial charge >= 0.3 is 0 Å². The maximum absolute atomic E-state index is 9.24. The standard InChI is InChI=1S/C11H14N2S2/c1-9-5-11(7-12,8-15-9)13-6-10-3-2-4-14-10/h2-4,9,13H,5-6,8H2,1H3. The molecule has 1 saturated heterocycles. The Kier molecular flexibility index (Phi) is 3.35. The van der Waals surface area contributed by atoms with Gasteiger partial charge in [0.1, 0.15) is 5.54 Å². The van der Waals surface area contributed by atoms with Crippen LogP contribution in [0.5, 0.6) is 0 Å². The first-order valence-corrected chi connectivity index (χ1v) is 6.97. The summed E-state index contributed by atoms with van der Waals surface area (Å²) in [5.74, 6) is 0.913. The third-order valence-electron chi connectivity index (χ3n) is 2.65. The highest BCUT2D eigenvalue weighted by Gasteiger charge is 2.37. The number of nitrogens with one attached hydrogen (secondary N) is 1. The predicted octanol–water partition coefficient (Wildman–Crippen LogP) is 2.63. The topological polar surface area (TPSA) is 35.8 Å². The van der Waals surface area contributed by atoms with Crippen LogP contribution in [0.2, 0.25) is 0 Å². The third kappa shape index (κ3) is 2.54. The van der Waals surface area contributed by atoms with Gasteiger partial charge in [-0.1, -0.05) is 13.0 Å². The second-order valence-electron chi connectivity index (χ2n) is 3.95. The Morgan fingerprint density at radius 2 is 2.60 bits per heavy atom. The Balaban J connectivity index is 1.95. The van der Waals surface area contributed by atoms with Crippen molar-refractivity contribution in [1.82, 2.24) is 5.32 Å². The number of thioether (sulfide) groups is 1. The van der Waals surface area contributed by atoms with E-state index in [1.807, 2.05) is 17.8 Å². The quantitative estimate of drug-likeness (QED) is 0.879. The van der Waals surface area contributed by atoms with E-state index >= 15 is 0 Å². The molecule has 1 aromatic rings. The minimum atomic E-state index is -0.298. The largest absolute Gasteiger partial charge is 0.294 e. The molecule has 1 fully saturated rings. The smallest absolute Gasteiger partial charge is 0.117 e. The average Bonchev–Trinajstić information content (AvgIpc) is 2.85. The van der Waals surface area contributed by atoms with Crippen molar-refractivity contribution in [2.45, 2.75) is 30.7 Å². The summed E-state index contributed by atoms with van der Waals surface area (Å²) < 4.78 is 0. The molecule has 4 heteroatoms. The van der Waals surface area contributed by atoms with Gasteiger partial charge in [-0.2, -0.15) is 17.0 Å². The van der Waals surface area contributed by atoms with E-state index in [4.69, 9.17) is 0 Å². The van der Waals surface area contributed by atoms with Crippen molar-refractivity contribution in [3.8, 4) is 6.07 Å². The monoisotopic (exact) mass is 238 g/mol. The number of rotatable bonds is 3. The molecule has 0 radical (unpaired) electrons. The molecular weight excluding hydrogens is 224 g/mol. The van der Waals surface area contributed by atoms with Crippen molar-refractivity contribution in [1.29, 1.82) is 5.26 Å². The molecule has 15 heavy (non-hydrogen) atoms. The Morgan fingerprint density at radius 3 is 3.13 bits per heavy atom. The molecule has 1 aromatic heterocycles. The maximum Gasteiger partial charge on any atom is 0.117 e. The first-order valence-electron chi connectivity index (χ1n) is 5.04. The van der Waals surface area contributed by atoms with Gasteiger partial charge in [0.15, 0.2) is 0 Å². The summed E-state index contributed by atoms with van der Waals surface area (Å²) in [5, 5.41) is 15.3. The first kappa shape index (κ1) is 11.0. The number of hydrogen-bond acceptors (Lipinski definition) is 4. The zero-order chi connectivity index (χ0) is 10.7. The van der Waals surface area contributed by atoms with Crippen LogP contribution < -0.4 is 5.32 Å². The molecule has 0 saturated carbocycles. The molecule has 2 rings (SSSR count). The number of hydrogen-bond donors (Lipinski definition) is 1. The van der Waals surface area contributed by atoms with E-state index in [0.29, 0.717) is 5.25 Å². The van der Waals surface area contributed by atoms with Crippen molar-refractivity contribution < 1.29 is 0 Å². The van der Waals surface area contributed by atoms with Crippen molar-refractivity contribution in [2.24, 2.45) is 0 Å². The zero-order valence-electron chi connectivity index (χ0n) is 8.69. The molecule has 2 atom stereocenters. The molecule has 0 aromatic carbocycles. The van der Waals surface area contributed by atoms with Crippen LogP contribution in [0.3, 0.4) is 0 Å². The predicted molar refractivity (Wildman–Crippen MR) is 66.0 cm³/mol. The Bertz CT molecular complexity index is 355. The molecular formula is C11H14N2S2. The summed E-state index contributed by atoms with van der Waals surface area (Å²) in [6.07, 6.45) is 0.958. The molecule has 1 aliphatic heterocycles. The van der Waals surface area contributed by atoms with Crippen LogP contribution in [-0.2, 0) is 6.54 Å². The van der Waals surface area contributed by atoms with Gasteiger partial charge < -0.3 is 0 Å². The molecule has 0 amide bonds. The maximum atomic E-state index is 9.24. The van der Waals surface area contributed by atoms with Crippen molar-refractivity contribution >= 4 is 23.1 Å². The van der Waals surface area contributed by atoms with E-state index in [9.17, 15) is 5.26 Å². The summed E-state index contributed by atoms with van der Waals surface area (Å²) >= 11 is 3.62. The van der Waals surface area contributed by atoms with Crippen LogP contribution in [0, 0.1) is 11.3 Å². The Morgan fingerprint density at radius 1 is 1.73 bits per heavy atom. The normalized spacial score (nSPS) is 30.3. The van der Waals surface area contributed by atoms with E-state index in [-0.39, 0.29) is 5.54 Å². The summed E-state index contributed by atoms with van der Waals surface area (Å²) in [7, 11) is 0. The second-order valence-corrected chi connectivity index (χ2v) is 6.41. The highest BCUT2D eigenvalue weighted by molar-refractivity contribution is 8.00. The van der Waals surface area contributed by atoms with E-state index < -0.39 is 0 Å². The summed E-state index contributed by atoms with van der Waals surface area (Å²) in [5.41, 5.74) is -0.298. The zero-order valence-corrected chi connectivity index (χ0v) is 10.3. The minimum absolute atomic E-state index is 0.298. The van der Waals surface area contributed by atoms with Gasteiger partial charge in [-0.15, -0.1) is 11.3 Å². The molecule has 1 aliphatic rings. The van der Waals surface area contributed by atoms with Gasteiger partial charge in [-0.05, 0) is 17.9 Å². The molecule has 0 bridgehead atoms. The van der Waals surface area contributed by atoms with Gasteiger partial charge in [0.2, 0.25) is 0 Å².